The van der Waals surface area contributed by atoms with Crippen molar-refractivity contribution in [3.05, 3.63) is 24.0 Å². The molecule has 104 valence electrons. The van der Waals surface area contributed by atoms with Crippen LogP contribution in [0.15, 0.2) is 18.3 Å². The Bertz CT molecular complexity index is 469. The quantitative estimate of drug-likeness (QED) is 0.868. The predicted molar refractivity (Wildman–Crippen MR) is 76.8 cm³/mol. The SMILES string of the molecule is CCNC(=O)c1cc(NC2CCS(=O)CC2)ccn1. The van der Waals surface area contributed by atoms with Gasteiger partial charge in [-0.05, 0) is 31.9 Å². The Balaban J connectivity index is 1.99. The molecule has 2 N–H and O–H groups in total. The third kappa shape index (κ3) is 4.02. The lowest BCUT2D eigenvalue weighted by Crippen LogP contribution is -2.29. The Hall–Kier alpha value is -1.43. The number of nitrogens with one attached hydrogen (secondary N) is 2. The highest BCUT2D eigenvalue weighted by Crippen LogP contribution is 2.16. The smallest absolute Gasteiger partial charge is 0.269 e. The Kier molecular flexibility index (Phi) is 4.90. The molecule has 6 heteroatoms. The summed E-state index contributed by atoms with van der Waals surface area (Å²) in [5.74, 6) is 1.36. The van der Waals surface area contributed by atoms with E-state index < -0.39 is 10.8 Å². The molecular weight excluding hydrogens is 262 g/mol. The Morgan fingerprint density at radius 3 is 2.89 bits per heavy atom. The highest BCUT2D eigenvalue weighted by atomic mass is 32.2. The molecule has 19 heavy (non-hydrogen) atoms. The molecule has 1 aliphatic heterocycles. The van der Waals surface area contributed by atoms with Crippen LogP contribution in [0.3, 0.4) is 0 Å². The molecule has 0 radical (unpaired) electrons. The van der Waals surface area contributed by atoms with E-state index in [1.807, 2.05) is 13.0 Å². The molecular formula is C13H19N3O2S. The first-order chi connectivity index (χ1) is 9.19. The molecule has 0 saturated carbocycles. The predicted octanol–water partition coefficient (Wildman–Crippen LogP) is 1.15. The summed E-state index contributed by atoms with van der Waals surface area (Å²) in [6, 6.07) is 3.95. The first-order valence-electron chi connectivity index (χ1n) is 6.55. The molecule has 1 aromatic heterocycles. The van der Waals surface area contributed by atoms with Crippen molar-refractivity contribution in [3.63, 3.8) is 0 Å². The van der Waals surface area contributed by atoms with E-state index in [2.05, 4.69) is 15.6 Å². The Labute approximate surface area is 115 Å². The normalized spacial score (nSPS) is 22.8. The van der Waals surface area contributed by atoms with Crippen LogP contribution in [-0.4, -0.2) is 39.2 Å². The number of amides is 1. The second kappa shape index (κ2) is 6.65. The average molecular weight is 281 g/mol. The number of carbonyl (C=O) groups excluding carboxylic acids is 1. The van der Waals surface area contributed by atoms with E-state index >= 15 is 0 Å². The van der Waals surface area contributed by atoms with Crippen molar-refractivity contribution in [2.24, 2.45) is 0 Å². The lowest BCUT2D eigenvalue weighted by Gasteiger charge is -2.23. The van der Waals surface area contributed by atoms with Crippen molar-refractivity contribution in [1.82, 2.24) is 10.3 Å². The molecule has 0 aliphatic carbocycles. The first kappa shape index (κ1) is 14.0. The van der Waals surface area contributed by atoms with Gasteiger partial charge in [0.05, 0.1) is 0 Å². The van der Waals surface area contributed by atoms with Gasteiger partial charge < -0.3 is 10.6 Å². The number of hydrogen-bond donors (Lipinski definition) is 2. The van der Waals surface area contributed by atoms with Crippen molar-refractivity contribution >= 4 is 22.4 Å². The average Bonchev–Trinajstić information content (AvgIpc) is 2.42. The van der Waals surface area contributed by atoms with E-state index in [0.717, 1.165) is 30.0 Å². The number of aromatic nitrogens is 1. The molecule has 0 bridgehead atoms. The summed E-state index contributed by atoms with van der Waals surface area (Å²) in [5.41, 5.74) is 1.32. The minimum Gasteiger partial charge on any atom is -0.382 e. The van der Waals surface area contributed by atoms with Crippen LogP contribution < -0.4 is 10.6 Å². The highest BCUT2D eigenvalue weighted by Gasteiger charge is 2.17. The van der Waals surface area contributed by atoms with Crippen molar-refractivity contribution in [2.45, 2.75) is 25.8 Å². The zero-order valence-electron chi connectivity index (χ0n) is 11.0. The van der Waals surface area contributed by atoms with Gasteiger partial charge in [0.15, 0.2) is 0 Å². The van der Waals surface area contributed by atoms with Crippen molar-refractivity contribution in [1.29, 1.82) is 0 Å². The molecule has 0 spiro atoms. The standard InChI is InChI=1S/C13H19N3O2S/c1-2-14-13(17)12-9-11(3-6-15-12)16-10-4-7-19(18)8-5-10/h3,6,9-10H,2,4-5,7-8H2,1H3,(H,14,17)(H,15,16). The molecule has 2 heterocycles. The zero-order valence-corrected chi connectivity index (χ0v) is 11.8. The van der Waals surface area contributed by atoms with Crippen LogP contribution in [0.25, 0.3) is 0 Å². The minimum absolute atomic E-state index is 0.157. The van der Waals surface area contributed by atoms with Gasteiger partial charge in [-0.2, -0.15) is 0 Å². The van der Waals surface area contributed by atoms with Gasteiger partial charge in [-0.15, -0.1) is 0 Å². The van der Waals surface area contributed by atoms with Crippen molar-refractivity contribution in [2.75, 3.05) is 23.4 Å². The summed E-state index contributed by atoms with van der Waals surface area (Å²) in [5, 5.41) is 6.11. The second-order valence-electron chi connectivity index (χ2n) is 4.56. The lowest BCUT2D eigenvalue weighted by atomic mass is 10.1. The number of nitrogens with zero attached hydrogens (tertiary/aromatic N) is 1. The Morgan fingerprint density at radius 1 is 1.47 bits per heavy atom. The second-order valence-corrected chi connectivity index (χ2v) is 6.25. The van der Waals surface area contributed by atoms with Crippen LogP contribution in [0, 0.1) is 0 Å². The van der Waals surface area contributed by atoms with Crippen LogP contribution in [0.1, 0.15) is 30.3 Å². The molecule has 0 aromatic carbocycles. The fourth-order valence-corrected chi connectivity index (χ4v) is 3.37. The van der Waals surface area contributed by atoms with E-state index in [-0.39, 0.29) is 5.91 Å². The van der Waals surface area contributed by atoms with Gasteiger partial charge in [-0.1, -0.05) is 0 Å². The van der Waals surface area contributed by atoms with Gasteiger partial charge >= 0.3 is 0 Å². The van der Waals surface area contributed by atoms with Gasteiger partial charge in [0.2, 0.25) is 0 Å². The van der Waals surface area contributed by atoms with Crippen LogP contribution in [0.5, 0.6) is 0 Å². The van der Waals surface area contributed by atoms with Crippen LogP contribution in [0.2, 0.25) is 0 Å². The maximum absolute atomic E-state index is 11.7. The van der Waals surface area contributed by atoms with Gasteiger partial charge in [-0.3, -0.25) is 14.0 Å². The lowest BCUT2D eigenvalue weighted by molar-refractivity contribution is 0.0951. The number of rotatable bonds is 4. The Morgan fingerprint density at radius 2 is 2.21 bits per heavy atom. The van der Waals surface area contributed by atoms with Gasteiger partial charge in [0.25, 0.3) is 5.91 Å². The third-order valence-corrected chi connectivity index (χ3v) is 4.47. The van der Waals surface area contributed by atoms with E-state index in [0.29, 0.717) is 18.3 Å². The summed E-state index contributed by atoms with van der Waals surface area (Å²) in [6.07, 6.45) is 3.45. The molecule has 1 fully saturated rings. The summed E-state index contributed by atoms with van der Waals surface area (Å²) >= 11 is 0. The van der Waals surface area contributed by atoms with Gasteiger partial charge in [-0.25, -0.2) is 0 Å². The molecule has 1 amide bonds. The maximum atomic E-state index is 11.7. The van der Waals surface area contributed by atoms with Crippen LogP contribution in [-0.2, 0) is 10.8 Å². The molecule has 2 rings (SSSR count). The molecule has 5 nitrogen and oxygen atoms in total. The van der Waals surface area contributed by atoms with Crippen molar-refractivity contribution in [3.8, 4) is 0 Å². The number of carbonyl (C=O) groups is 1. The summed E-state index contributed by atoms with van der Waals surface area (Å²) in [4.78, 5) is 15.8. The van der Waals surface area contributed by atoms with E-state index in [4.69, 9.17) is 0 Å². The molecule has 1 aliphatic rings. The van der Waals surface area contributed by atoms with Gasteiger partial charge in [0.1, 0.15) is 5.69 Å². The summed E-state index contributed by atoms with van der Waals surface area (Å²) in [7, 11) is -0.650. The third-order valence-electron chi connectivity index (χ3n) is 3.09. The highest BCUT2D eigenvalue weighted by molar-refractivity contribution is 7.85. The topological polar surface area (TPSA) is 71.1 Å². The molecule has 0 atom stereocenters. The number of anilines is 1. The molecule has 0 unspecified atom stereocenters. The number of pyridine rings is 1. The first-order valence-corrected chi connectivity index (χ1v) is 8.03. The van der Waals surface area contributed by atoms with Crippen LogP contribution in [0.4, 0.5) is 5.69 Å². The van der Waals surface area contributed by atoms with E-state index in [1.165, 1.54) is 0 Å². The zero-order chi connectivity index (χ0) is 13.7. The van der Waals surface area contributed by atoms with Gasteiger partial charge in [0, 0.05) is 46.8 Å². The monoisotopic (exact) mass is 281 g/mol. The fraction of sp³-hybridized carbons (Fsp3) is 0.538. The molecule has 1 aromatic rings. The maximum Gasteiger partial charge on any atom is 0.269 e. The van der Waals surface area contributed by atoms with Crippen molar-refractivity contribution < 1.29 is 9.00 Å². The summed E-state index contributed by atoms with van der Waals surface area (Å²) in [6.45, 7) is 2.47. The fourth-order valence-electron chi connectivity index (χ4n) is 2.07. The number of hydrogen-bond acceptors (Lipinski definition) is 4. The largest absolute Gasteiger partial charge is 0.382 e. The minimum atomic E-state index is -0.650. The summed E-state index contributed by atoms with van der Waals surface area (Å²) < 4.78 is 11.3. The van der Waals surface area contributed by atoms with Crippen LogP contribution >= 0.6 is 0 Å². The molecule has 1 saturated heterocycles. The van der Waals surface area contributed by atoms with E-state index in [1.54, 1.807) is 12.3 Å². The van der Waals surface area contributed by atoms with E-state index in [9.17, 15) is 9.00 Å².